The van der Waals surface area contributed by atoms with Crippen molar-refractivity contribution >= 4 is 58.6 Å². The van der Waals surface area contributed by atoms with Crippen LogP contribution in [0.25, 0.3) is 11.2 Å². The number of anilines is 1. The van der Waals surface area contributed by atoms with Gasteiger partial charge in [0.25, 0.3) is 0 Å². The van der Waals surface area contributed by atoms with Crippen LogP contribution >= 0.6 is 31.3 Å². The summed E-state index contributed by atoms with van der Waals surface area (Å²) >= 11 is 2.13. The Kier molecular flexibility index (Phi) is 11.2. The molecule has 16 heteroatoms. The molecule has 1 fully saturated rings. The van der Waals surface area contributed by atoms with Gasteiger partial charge in [-0.2, -0.15) is 0 Å². The zero-order chi connectivity index (χ0) is 29.7. The molecule has 2 aromatic heterocycles. The molecule has 40 heavy (non-hydrogen) atoms. The number of phosphoric ester groups is 1. The molecule has 0 aromatic carbocycles. The molecule has 0 aliphatic carbocycles. The van der Waals surface area contributed by atoms with Gasteiger partial charge in [0.1, 0.15) is 30.3 Å². The minimum absolute atomic E-state index is 0.0331. The lowest BCUT2D eigenvalue weighted by atomic mass is 9.99. The van der Waals surface area contributed by atoms with Gasteiger partial charge in [-0.25, -0.2) is 19.5 Å². The number of nitrogens with zero attached hydrogens (tertiary/aromatic N) is 4. The summed E-state index contributed by atoms with van der Waals surface area (Å²) in [6.45, 7) is 10.3. The van der Waals surface area contributed by atoms with E-state index in [1.165, 1.54) is 12.7 Å². The molecule has 0 spiro atoms. The first-order chi connectivity index (χ1) is 18.6. The number of fused-ring (bicyclic) bond motifs is 1. The summed E-state index contributed by atoms with van der Waals surface area (Å²) in [4.78, 5) is 36.9. The maximum absolute atomic E-state index is 13.7. The Bertz CT molecular complexity index is 1190. The number of ether oxygens (including phenoxy) is 1. The molecule has 0 bridgehead atoms. The molecule has 1 aliphatic heterocycles. The van der Waals surface area contributed by atoms with Crippen LogP contribution in [0.4, 0.5) is 5.82 Å². The first-order valence-corrected chi connectivity index (χ1v) is 16.2. The second-order valence-electron chi connectivity index (χ2n) is 11.2. The molecule has 0 amide bonds. The third kappa shape index (κ3) is 8.71. The quantitative estimate of drug-likeness (QED) is 0.259. The molecule has 0 saturated carbocycles. The van der Waals surface area contributed by atoms with Gasteiger partial charge in [0.05, 0.1) is 26.1 Å². The number of nitrogen functional groups attached to an aromatic ring is 1. The van der Waals surface area contributed by atoms with Gasteiger partial charge in [-0.05, 0) is 0 Å². The molecule has 3 heterocycles. The van der Waals surface area contributed by atoms with Gasteiger partial charge in [0, 0.05) is 28.8 Å². The van der Waals surface area contributed by atoms with Crippen molar-refractivity contribution in [3.05, 3.63) is 12.7 Å². The molecule has 1 saturated heterocycles. The summed E-state index contributed by atoms with van der Waals surface area (Å²) in [7, 11) is -4.19. The van der Waals surface area contributed by atoms with Crippen molar-refractivity contribution in [1.82, 2.24) is 19.5 Å². The van der Waals surface area contributed by atoms with Crippen LogP contribution in [0.5, 0.6) is 0 Å². The maximum Gasteiger partial charge on any atom is 0.475 e. The SMILES string of the molecule is CC(C)(C)C(=O)SCCOP(=O)(OCCSC(=O)C(C)(C)C)OC1CC(n2cnc3c(N)ncnc32)OC1CO. The maximum atomic E-state index is 13.7. The van der Waals surface area contributed by atoms with Gasteiger partial charge in [0.2, 0.25) is 0 Å². The van der Waals surface area contributed by atoms with Crippen LogP contribution in [0.15, 0.2) is 12.7 Å². The Hall–Kier alpha value is -1.58. The Morgan fingerprint density at radius 3 is 2.17 bits per heavy atom. The Morgan fingerprint density at radius 2 is 1.65 bits per heavy atom. The monoisotopic (exact) mass is 619 g/mol. The van der Waals surface area contributed by atoms with Crippen molar-refractivity contribution in [2.24, 2.45) is 10.8 Å². The average Bonchev–Trinajstić information content (AvgIpc) is 3.47. The van der Waals surface area contributed by atoms with Crippen molar-refractivity contribution in [2.45, 2.75) is 66.4 Å². The number of hydrogen-bond donors (Lipinski definition) is 2. The number of thioether (sulfide) groups is 2. The summed E-state index contributed by atoms with van der Waals surface area (Å²) in [6.07, 6.45) is 0.599. The van der Waals surface area contributed by atoms with Crippen LogP contribution in [-0.2, 0) is 32.5 Å². The highest BCUT2D eigenvalue weighted by molar-refractivity contribution is 8.14. The zero-order valence-corrected chi connectivity index (χ0v) is 26.1. The molecule has 3 rings (SSSR count). The third-order valence-corrected chi connectivity index (χ3v) is 9.70. The van der Waals surface area contributed by atoms with E-state index in [9.17, 15) is 19.3 Å². The molecule has 224 valence electrons. The second kappa shape index (κ2) is 13.6. The number of carbonyl (C=O) groups excluding carboxylic acids is 2. The molecular formula is C24H38N5O8PS2. The molecular weight excluding hydrogens is 581 g/mol. The van der Waals surface area contributed by atoms with E-state index >= 15 is 0 Å². The van der Waals surface area contributed by atoms with E-state index in [-0.39, 0.29) is 47.2 Å². The zero-order valence-electron chi connectivity index (χ0n) is 23.6. The highest BCUT2D eigenvalue weighted by atomic mass is 32.2. The number of nitrogens with two attached hydrogens (primary N) is 1. The topological polar surface area (TPSA) is 178 Å². The first kappa shape index (κ1) is 32.9. The van der Waals surface area contributed by atoms with E-state index in [0.717, 1.165) is 23.5 Å². The number of phosphoric acid groups is 1. The van der Waals surface area contributed by atoms with Crippen molar-refractivity contribution in [3.63, 3.8) is 0 Å². The fourth-order valence-electron chi connectivity index (χ4n) is 3.49. The van der Waals surface area contributed by atoms with E-state index in [1.54, 1.807) is 4.57 Å². The summed E-state index contributed by atoms with van der Waals surface area (Å²) in [5.74, 6) is 0.684. The predicted octanol–water partition coefficient (Wildman–Crippen LogP) is 3.83. The molecule has 3 atom stereocenters. The van der Waals surface area contributed by atoms with Crippen molar-refractivity contribution in [2.75, 3.05) is 37.1 Å². The molecule has 0 radical (unpaired) electrons. The Labute approximate surface area is 242 Å². The fraction of sp³-hybridized carbons (Fsp3) is 0.708. The third-order valence-electron chi connectivity index (χ3n) is 5.68. The number of aromatic nitrogens is 4. The smallest absolute Gasteiger partial charge is 0.394 e. The molecule has 13 nitrogen and oxygen atoms in total. The van der Waals surface area contributed by atoms with Gasteiger partial charge in [-0.3, -0.25) is 27.7 Å². The normalized spacial score (nSPS) is 20.3. The van der Waals surface area contributed by atoms with Crippen LogP contribution in [0.3, 0.4) is 0 Å². The van der Waals surface area contributed by atoms with Crippen molar-refractivity contribution in [3.8, 4) is 0 Å². The highest BCUT2D eigenvalue weighted by Gasteiger charge is 2.43. The molecule has 2 aromatic rings. The summed E-state index contributed by atoms with van der Waals surface area (Å²) in [6, 6.07) is 0. The van der Waals surface area contributed by atoms with Crippen LogP contribution in [-0.4, -0.2) is 78.4 Å². The summed E-state index contributed by atoms with van der Waals surface area (Å²) < 4.78 is 38.3. The van der Waals surface area contributed by atoms with Crippen molar-refractivity contribution < 1.29 is 37.6 Å². The number of aliphatic hydroxyl groups is 1. The van der Waals surface area contributed by atoms with Gasteiger partial charge >= 0.3 is 7.82 Å². The predicted molar refractivity (Wildman–Crippen MR) is 154 cm³/mol. The number of rotatable bonds is 12. The lowest BCUT2D eigenvalue weighted by Crippen LogP contribution is -2.28. The van der Waals surface area contributed by atoms with Gasteiger partial charge in [-0.1, -0.05) is 65.1 Å². The van der Waals surface area contributed by atoms with Crippen LogP contribution < -0.4 is 5.73 Å². The van der Waals surface area contributed by atoms with E-state index in [2.05, 4.69) is 15.0 Å². The minimum Gasteiger partial charge on any atom is -0.394 e. The van der Waals surface area contributed by atoms with Crippen molar-refractivity contribution in [1.29, 1.82) is 0 Å². The van der Waals surface area contributed by atoms with Gasteiger partial charge in [0.15, 0.2) is 21.7 Å². The van der Waals surface area contributed by atoms with E-state index in [4.69, 9.17) is 24.0 Å². The van der Waals surface area contributed by atoms with Crippen LogP contribution in [0, 0.1) is 10.8 Å². The van der Waals surface area contributed by atoms with Gasteiger partial charge in [-0.15, -0.1) is 0 Å². The Morgan fingerprint density at radius 1 is 1.07 bits per heavy atom. The number of carbonyl (C=O) groups is 2. The van der Waals surface area contributed by atoms with Crippen LogP contribution in [0.2, 0.25) is 0 Å². The van der Waals surface area contributed by atoms with E-state index in [1.807, 2.05) is 41.5 Å². The number of imidazole rings is 1. The molecule has 1 aliphatic rings. The highest BCUT2D eigenvalue weighted by Crippen LogP contribution is 2.53. The summed E-state index contributed by atoms with van der Waals surface area (Å²) in [5.41, 5.74) is 5.66. The Balaban J connectivity index is 1.69. The van der Waals surface area contributed by atoms with E-state index < -0.39 is 43.7 Å². The minimum atomic E-state index is -4.19. The molecule has 3 N–H and O–H groups in total. The largest absolute Gasteiger partial charge is 0.475 e. The lowest BCUT2D eigenvalue weighted by molar-refractivity contribution is -0.118. The average molecular weight is 620 g/mol. The van der Waals surface area contributed by atoms with E-state index in [0.29, 0.717) is 11.2 Å². The number of aliphatic hydroxyl groups excluding tert-OH is 1. The van der Waals surface area contributed by atoms with Crippen LogP contribution in [0.1, 0.15) is 54.2 Å². The molecule has 3 unspecified atom stereocenters. The standard InChI is InChI=1S/C24H38N5O8PS2/c1-23(2,3)21(31)39-9-7-34-38(33,35-8-10-40-22(32)24(4,5)6)37-15-11-17(36-16(15)12-30)29-14-28-18-19(25)26-13-27-20(18)29/h13-17,30H,7-12H2,1-6H3,(H2,25,26,27). The summed E-state index contributed by atoms with van der Waals surface area (Å²) in [5, 5.41) is 9.91. The first-order valence-electron chi connectivity index (χ1n) is 12.8. The van der Waals surface area contributed by atoms with Gasteiger partial charge < -0.3 is 15.6 Å². The fourth-order valence-corrected chi connectivity index (χ4v) is 6.69. The lowest BCUT2D eigenvalue weighted by Gasteiger charge is -2.24. The number of hydrogen-bond acceptors (Lipinski definition) is 14. The second-order valence-corrected chi connectivity index (χ2v) is 14.9.